The second kappa shape index (κ2) is 7.56. The van der Waals surface area contributed by atoms with Crippen molar-refractivity contribution in [3.63, 3.8) is 0 Å². The Morgan fingerprint density at radius 2 is 1.58 bits per heavy atom. The zero-order chi connectivity index (χ0) is 9.40. The lowest BCUT2D eigenvalue weighted by Gasteiger charge is -2.19. The second-order valence-electron chi connectivity index (χ2n) is 3.64. The first kappa shape index (κ1) is 11.9. The third-order valence-corrected chi connectivity index (χ3v) is 2.61. The Kier molecular flexibility index (Phi) is 7.51. The van der Waals surface area contributed by atoms with Gasteiger partial charge >= 0.3 is 0 Å². The molecule has 0 fully saturated rings. The minimum Gasteiger partial charge on any atom is -0.330 e. The Balaban J connectivity index is 3.65. The van der Waals surface area contributed by atoms with Gasteiger partial charge in [-0.15, -0.1) is 0 Å². The highest BCUT2D eigenvalue weighted by molar-refractivity contribution is 4.66. The molecular formula is C10H24N2. The summed E-state index contributed by atoms with van der Waals surface area (Å²) in [6.45, 7) is 6.06. The Labute approximate surface area is 76.7 Å². The first-order valence-corrected chi connectivity index (χ1v) is 5.18. The molecule has 0 bridgehead atoms. The van der Waals surface area contributed by atoms with Crippen molar-refractivity contribution in [1.29, 1.82) is 0 Å². The topological polar surface area (TPSA) is 52.0 Å². The molecule has 0 saturated carbocycles. The van der Waals surface area contributed by atoms with Crippen molar-refractivity contribution in [1.82, 2.24) is 0 Å². The van der Waals surface area contributed by atoms with Crippen LogP contribution in [0.2, 0.25) is 0 Å². The molecule has 0 aliphatic heterocycles. The normalized spacial score (nSPS) is 16.0. The van der Waals surface area contributed by atoms with Gasteiger partial charge in [0.1, 0.15) is 0 Å². The van der Waals surface area contributed by atoms with Crippen molar-refractivity contribution >= 4 is 0 Å². The fraction of sp³-hybridized carbons (Fsp3) is 1.00. The van der Waals surface area contributed by atoms with Crippen molar-refractivity contribution < 1.29 is 0 Å². The SMILES string of the molecule is CCCC(CN)CC(CC)CN. The van der Waals surface area contributed by atoms with Gasteiger partial charge in [-0.05, 0) is 37.8 Å². The highest BCUT2D eigenvalue weighted by Crippen LogP contribution is 2.17. The maximum absolute atomic E-state index is 5.68. The second-order valence-corrected chi connectivity index (χ2v) is 3.64. The Hall–Kier alpha value is -0.0800. The van der Waals surface area contributed by atoms with Crippen molar-refractivity contribution in [3.05, 3.63) is 0 Å². The molecule has 2 heteroatoms. The molecular weight excluding hydrogens is 148 g/mol. The molecule has 4 N–H and O–H groups in total. The molecule has 2 nitrogen and oxygen atoms in total. The fourth-order valence-electron chi connectivity index (χ4n) is 1.64. The molecule has 2 atom stereocenters. The Bertz CT molecular complexity index is 89.8. The van der Waals surface area contributed by atoms with E-state index >= 15 is 0 Å². The van der Waals surface area contributed by atoms with Crippen LogP contribution in [-0.2, 0) is 0 Å². The quantitative estimate of drug-likeness (QED) is 0.614. The molecule has 0 heterocycles. The summed E-state index contributed by atoms with van der Waals surface area (Å²) in [4.78, 5) is 0. The first-order chi connectivity index (χ1) is 5.78. The fourth-order valence-corrected chi connectivity index (χ4v) is 1.64. The zero-order valence-electron chi connectivity index (χ0n) is 8.55. The van der Waals surface area contributed by atoms with E-state index in [9.17, 15) is 0 Å². The number of nitrogens with two attached hydrogens (primary N) is 2. The van der Waals surface area contributed by atoms with Crippen molar-refractivity contribution in [3.8, 4) is 0 Å². The molecule has 0 saturated heterocycles. The molecule has 0 rings (SSSR count). The summed E-state index contributed by atoms with van der Waals surface area (Å²) in [5.74, 6) is 1.38. The van der Waals surface area contributed by atoms with Crippen molar-refractivity contribution in [2.75, 3.05) is 13.1 Å². The lowest BCUT2D eigenvalue weighted by Crippen LogP contribution is -2.22. The molecule has 0 aliphatic rings. The van der Waals surface area contributed by atoms with Gasteiger partial charge in [-0.2, -0.15) is 0 Å². The summed E-state index contributed by atoms with van der Waals surface area (Å²) in [7, 11) is 0. The van der Waals surface area contributed by atoms with Crippen LogP contribution >= 0.6 is 0 Å². The molecule has 12 heavy (non-hydrogen) atoms. The Morgan fingerprint density at radius 1 is 1.00 bits per heavy atom. The standard InChI is InChI=1S/C10H24N2/c1-3-5-10(8-12)6-9(4-2)7-11/h9-10H,3-8,11-12H2,1-2H3. The smallest absolute Gasteiger partial charge is 0.00488 e. The van der Waals surface area contributed by atoms with E-state index in [4.69, 9.17) is 11.5 Å². The average Bonchev–Trinajstić information content (AvgIpc) is 2.12. The molecule has 2 unspecified atom stereocenters. The molecule has 0 amide bonds. The van der Waals surface area contributed by atoms with Gasteiger partial charge in [-0.3, -0.25) is 0 Å². The summed E-state index contributed by atoms with van der Waals surface area (Å²) in [5, 5.41) is 0. The van der Waals surface area contributed by atoms with Crippen LogP contribution in [0.25, 0.3) is 0 Å². The predicted octanol–water partition coefficient (Wildman–Crippen LogP) is 1.74. The minimum absolute atomic E-state index is 0.685. The highest BCUT2D eigenvalue weighted by Gasteiger charge is 2.11. The van der Waals surface area contributed by atoms with E-state index in [0.717, 1.165) is 13.1 Å². The number of hydrogen-bond acceptors (Lipinski definition) is 2. The summed E-state index contributed by atoms with van der Waals surface area (Å²) in [5.41, 5.74) is 11.3. The Morgan fingerprint density at radius 3 is 1.92 bits per heavy atom. The van der Waals surface area contributed by atoms with Crippen LogP contribution in [0.1, 0.15) is 39.5 Å². The summed E-state index contributed by atoms with van der Waals surface area (Å²) in [6.07, 6.45) is 4.91. The van der Waals surface area contributed by atoms with Gasteiger partial charge in [0, 0.05) is 0 Å². The van der Waals surface area contributed by atoms with Crippen LogP contribution in [-0.4, -0.2) is 13.1 Å². The van der Waals surface area contributed by atoms with Gasteiger partial charge in [0.2, 0.25) is 0 Å². The van der Waals surface area contributed by atoms with Gasteiger partial charge in [-0.25, -0.2) is 0 Å². The predicted molar refractivity (Wildman–Crippen MR) is 54.9 cm³/mol. The molecule has 0 radical (unpaired) electrons. The van der Waals surface area contributed by atoms with Gasteiger partial charge in [0.15, 0.2) is 0 Å². The number of hydrogen-bond donors (Lipinski definition) is 2. The molecule has 0 aromatic rings. The van der Waals surface area contributed by atoms with Crippen LogP contribution in [0.15, 0.2) is 0 Å². The van der Waals surface area contributed by atoms with E-state index in [1.807, 2.05) is 0 Å². The summed E-state index contributed by atoms with van der Waals surface area (Å²) in [6, 6.07) is 0. The van der Waals surface area contributed by atoms with E-state index in [1.54, 1.807) is 0 Å². The van der Waals surface area contributed by atoms with E-state index < -0.39 is 0 Å². The van der Waals surface area contributed by atoms with Gasteiger partial charge < -0.3 is 11.5 Å². The third-order valence-electron chi connectivity index (χ3n) is 2.61. The van der Waals surface area contributed by atoms with Gasteiger partial charge in [0.25, 0.3) is 0 Å². The lowest BCUT2D eigenvalue weighted by molar-refractivity contribution is 0.353. The monoisotopic (exact) mass is 172 g/mol. The minimum atomic E-state index is 0.685. The van der Waals surface area contributed by atoms with Crippen molar-refractivity contribution in [2.24, 2.45) is 23.3 Å². The third kappa shape index (κ3) is 4.73. The maximum Gasteiger partial charge on any atom is -0.00488 e. The summed E-state index contributed by atoms with van der Waals surface area (Å²) < 4.78 is 0. The average molecular weight is 172 g/mol. The number of rotatable bonds is 7. The van der Waals surface area contributed by atoms with Crippen LogP contribution in [0.5, 0.6) is 0 Å². The highest BCUT2D eigenvalue weighted by atomic mass is 14.6. The first-order valence-electron chi connectivity index (χ1n) is 5.18. The zero-order valence-corrected chi connectivity index (χ0v) is 8.55. The van der Waals surface area contributed by atoms with Crippen LogP contribution < -0.4 is 11.5 Å². The lowest BCUT2D eigenvalue weighted by atomic mass is 9.90. The summed E-state index contributed by atoms with van der Waals surface area (Å²) >= 11 is 0. The molecule has 0 aromatic heterocycles. The van der Waals surface area contributed by atoms with E-state index in [1.165, 1.54) is 25.7 Å². The van der Waals surface area contributed by atoms with Crippen LogP contribution in [0.3, 0.4) is 0 Å². The van der Waals surface area contributed by atoms with E-state index in [0.29, 0.717) is 11.8 Å². The van der Waals surface area contributed by atoms with Crippen LogP contribution in [0.4, 0.5) is 0 Å². The van der Waals surface area contributed by atoms with Crippen LogP contribution in [0, 0.1) is 11.8 Å². The molecule has 0 aromatic carbocycles. The maximum atomic E-state index is 5.68. The van der Waals surface area contributed by atoms with E-state index in [2.05, 4.69) is 13.8 Å². The van der Waals surface area contributed by atoms with E-state index in [-0.39, 0.29) is 0 Å². The van der Waals surface area contributed by atoms with Gasteiger partial charge in [0.05, 0.1) is 0 Å². The molecule has 0 spiro atoms. The largest absolute Gasteiger partial charge is 0.330 e. The molecule has 0 aliphatic carbocycles. The van der Waals surface area contributed by atoms with Gasteiger partial charge in [-0.1, -0.05) is 26.7 Å². The van der Waals surface area contributed by atoms with Crippen molar-refractivity contribution in [2.45, 2.75) is 39.5 Å². The molecule has 74 valence electrons.